The van der Waals surface area contributed by atoms with Crippen LogP contribution in [0.3, 0.4) is 0 Å². The minimum atomic E-state index is -0.288. The van der Waals surface area contributed by atoms with E-state index in [9.17, 15) is 14.4 Å². The maximum absolute atomic E-state index is 11.1. The second kappa shape index (κ2) is 4.71. The number of nitrogens with zero attached hydrogens (tertiary/aromatic N) is 1. The summed E-state index contributed by atoms with van der Waals surface area (Å²) >= 11 is 0. The van der Waals surface area contributed by atoms with Gasteiger partial charge in [-0.1, -0.05) is 0 Å². The van der Waals surface area contributed by atoms with E-state index in [0.717, 1.165) is 4.90 Å². The molecule has 1 fully saturated rings. The second-order valence-corrected chi connectivity index (χ2v) is 2.99. The first-order valence-electron chi connectivity index (χ1n) is 4.45. The van der Waals surface area contributed by atoms with E-state index in [1.54, 1.807) is 0 Å². The summed E-state index contributed by atoms with van der Waals surface area (Å²) in [6.45, 7) is 0.429. The number of amides is 3. The Morgan fingerprint density at radius 1 is 1.36 bits per heavy atom. The number of carbonyl (C=O) groups excluding carboxylic acids is 3. The quantitative estimate of drug-likeness (QED) is 0.523. The molecule has 0 aromatic rings. The predicted octanol–water partition coefficient (Wildman–Crippen LogP) is -1.79. The van der Waals surface area contributed by atoms with Crippen molar-refractivity contribution in [3.05, 3.63) is 0 Å². The van der Waals surface area contributed by atoms with Crippen LogP contribution in [0.1, 0.15) is 12.8 Å². The molecule has 0 radical (unpaired) electrons. The lowest BCUT2D eigenvalue weighted by Crippen LogP contribution is -2.39. The standard InChI is InChI=1S/C8H13N3O3/c9-5-6(12)10-3-4-11-7(13)1-2-8(11)14/h1-5,9H2,(H,10,12). The highest BCUT2D eigenvalue weighted by Crippen LogP contribution is 2.10. The van der Waals surface area contributed by atoms with Crippen molar-refractivity contribution in [3.8, 4) is 0 Å². The summed E-state index contributed by atoms with van der Waals surface area (Å²) in [7, 11) is 0. The van der Waals surface area contributed by atoms with Crippen molar-refractivity contribution in [2.45, 2.75) is 12.8 Å². The van der Waals surface area contributed by atoms with Gasteiger partial charge in [0.1, 0.15) is 0 Å². The molecule has 0 aromatic carbocycles. The average molecular weight is 199 g/mol. The molecule has 0 aliphatic carbocycles. The molecule has 3 amide bonds. The molecular weight excluding hydrogens is 186 g/mol. The molecule has 1 heterocycles. The monoisotopic (exact) mass is 199 g/mol. The number of imide groups is 1. The molecule has 0 saturated carbocycles. The van der Waals surface area contributed by atoms with E-state index < -0.39 is 0 Å². The normalized spacial score (nSPS) is 16.2. The summed E-state index contributed by atoms with van der Waals surface area (Å²) in [5.74, 6) is -0.627. The SMILES string of the molecule is NCC(=O)NCCN1C(=O)CCC1=O. The van der Waals surface area contributed by atoms with Gasteiger partial charge in [0.15, 0.2) is 0 Å². The van der Waals surface area contributed by atoms with Gasteiger partial charge in [-0.3, -0.25) is 19.3 Å². The fourth-order valence-corrected chi connectivity index (χ4v) is 1.25. The third-order valence-corrected chi connectivity index (χ3v) is 2.00. The molecule has 1 saturated heterocycles. The first-order chi connectivity index (χ1) is 6.65. The topological polar surface area (TPSA) is 92.5 Å². The number of likely N-dealkylation sites (tertiary alicyclic amines) is 1. The Hall–Kier alpha value is -1.43. The lowest BCUT2D eigenvalue weighted by molar-refractivity contribution is -0.138. The number of nitrogens with two attached hydrogens (primary N) is 1. The number of hydrogen-bond acceptors (Lipinski definition) is 4. The highest BCUT2D eigenvalue weighted by molar-refractivity contribution is 6.01. The summed E-state index contributed by atoms with van der Waals surface area (Å²) < 4.78 is 0. The molecule has 3 N–H and O–H groups in total. The van der Waals surface area contributed by atoms with Crippen molar-refractivity contribution in [2.24, 2.45) is 5.73 Å². The van der Waals surface area contributed by atoms with E-state index in [2.05, 4.69) is 5.32 Å². The van der Waals surface area contributed by atoms with Gasteiger partial charge in [-0.25, -0.2) is 0 Å². The lowest BCUT2D eigenvalue weighted by Gasteiger charge is -2.13. The van der Waals surface area contributed by atoms with Gasteiger partial charge >= 0.3 is 0 Å². The molecule has 6 heteroatoms. The molecule has 14 heavy (non-hydrogen) atoms. The summed E-state index contributed by atoms with van der Waals surface area (Å²) in [5, 5.41) is 2.49. The van der Waals surface area contributed by atoms with Gasteiger partial charge in [-0.2, -0.15) is 0 Å². The molecule has 1 aliphatic heterocycles. The Kier molecular flexibility index (Phi) is 3.58. The van der Waals surface area contributed by atoms with Gasteiger partial charge < -0.3 is 11.1 Å². The maximum atomic E-state index is 11.1. The zero-order valence-electron chi connectivity index (χ0n) is 7.78. The smallest absolute Gasteiger partial charge is 0.233 e. The van der Waals surface area contributed by atoms with Crippen molar-refractivity contribution in [2.75, 3.05) is 19.6 Å². The van der Waals surface area contributed by atoms with Gasteiger partial charge in [0.25, 0.3) is 0 Å². The van der Waals surface area contributed by atoms with Crippen LogP contribution in [-0.2, 0) is 14.4 Å². The highest BCUT2D eigenvalue weighted by Gasteiger charge is 2.27. The minimum Gasteiger partial charge on any atom is -0.353 e. The predicted molar refractivity (Wildman–Crippen MR) is 48.0 cm³/mol. The first kappa shape index (κ1) is 10.6. The average Bonchev–Trinajstić information content (AvgIpc) is 2.48. The van der Waals surface area contributed by atoms with Gasteiger partial charge in [0.05, 0.1) is 6.54 Å². The third kappa shape index (κ3) is 2.53. The highest BCUT2D eigenvalue weighted by atomic mass is 16.2. The molecule has 1 aliphatic rings. The number of rotatable bonds is 4. The Morgan fingerprint density at radius 3 is 2.43 bits per heavy atom. The molecular formula is C8H13N3O3. The summed E-state index contributed by atoms with van der Waals surface area (Å²) in [4.78, 5) is 34.1. The van der Waals surface area contributed by atoms with Crippen molar-refractivity contribution in [3.63, 3.8) is 0 Å². The molecule has 0 spiro atoms. The molecule has 78 valence electrons. The van der Waals surface area contributed by atoms with Crippen LogP contribution in [-0.4, -0.2) is 42.3 Å². The van der Waals surface area contributed by atoms with Crippen LogP contribution in [0.5, 0.6) is 0 Å². The zero-order chi connectivity index (χ0) is 10.6. The Labute approximate surface area is 81.4 Å². The van der Waals surface area contributed by atoms with Crippen molar-refractivity contribution in [1.29, 1.82) is 0 Å². The summed E-state index contributed by atoms with van der Waals surface area (Å²) in [6.07, 6.45) is 0.563. The van der Waals surface area contributed by atoms with Crippen LogP contribution in [0.15, 0.2) is 0 Å². The molecule has 0 bridgehead atoms. The first-order valence-corrected chi connectivity index (χ1v) is 4.45. The van der Waals surface area contributed by atoms with Crippen LogP contribution in [0.2, 0.25) is 0 Å². The minimum absolute atomic E-state index is 0.0815. The zero-order valence-corrected chi connectivity index (χ0v) is 7.78. The van der Waals surface area contributed by atoms with Crippen molar-refractivity contribution < 1.29 is 14.4 Å². The van der Waals surface area contributed by atoms with Crippen LogP contribution >= 0.6 is 0 Å². The maximum Gasteiger partial charge on any atom is 0.233 e. The summed E-state index contributed by atoms with van der Waals surface area (Å²) in [6, 6.07) is 0. The lowest BCUT2D eigenvalue weighted by atomic mass is 10.4. The van der Waals surface area contributed by atoms with Gasteiger partial charge in [-0.05, 0) is 0 Å². The number of hydrogen-bond donors (Lipinski definition) is 2. The van der Waals surface area contributed by atoms with E-state index in [4.69, 9.17) is 5.73 Å². The third-order valence-electron chi connectivity index (χ3n) is 2.00. The van der Waals surface area contributed by atoms with Crippen molar-refractivity contribution >= 4 is 17.7 Å². The molecule has 0 unspecified atom stereocenters. The van der Waals surface area contributed by atoms with Crippen LogP contribution < -0.4 is 11.1 Å². The van der Waals surface area contributed by atoms with Crippen LogP contribution in [0, 0.1) is 0 Å². The van der Waals surface area contributed by atoms with E-state index >= 15 is 0 Å². The molecule has 6 nitrogen and oxygen atoms in total. The van der Waals surface area contributed by atoms with Crippen LogP contribution in [0.25, 0.3) is 0 Å². The molecule has 0 atom stereocenters. The van der Waals surface area contributed by atoms with Crippen LogP contribution in [0.4, 0.5) is 0 Å². The fraction of sp³-hybridized carbons (Fsp3) is 0.625. The van der Waals surface area contributed by atoms with E-state index in [0.29, 0.717) is 0 Å². The van der Waals surface area contributed by atoms with Gasteiger partial charge in [-0.15, -0.1) is 0 Å². The summed E-state index contributed by atoms with van der Waals surface area (Å²) in [5.41, 5.74) is 5.06. The molecule has 1 rings (SSSR count). The Balaban J connectivity index is 2.27. The number of carbonyl (C=O) groups is 3. The van der Waals surface area contributed by atoms with Gasteiger partial charge in [0.2, 0.25) is 17.7 Å². The fourth-order valence-electron chi connectivity index (χ4n) is 1.25. The largest absolute Gasteiger partial charge is 0.353 e. The van der Waals surface area contributed by atoms with E-state index in [1.807, 2.05) is 0 Å². The second-order valence-electron chi connectivity index (χ2n) is 2.99. The number of nitrogens with one attached hydrogen (secondary N) is 1. The molecule has 0 aromatic heterocycles. The van der Waals surface area contributed by atoms with Crippen molar-refractivity contribution in [1.82, 2.24) is 10.2 Å². The van der Waals surface area contributed by atoms with E-state index in [1.165, 1.54) is 0 Å². The Morgan fingerprint density at radius 2 is 1.93 bits per heavy atom. The van der Waals surface area contributed by atoms with Gasteiger partial charge in [0, 0.05) is 25.9 Å². The Bertz CT molecular complexity index is 249. The van der Waals surface area contributed by atoms with E-state index in [-0.39, 0.29) is 50.2 Å².